The molecule has 0 saturated carbocycles. The molecule has 36 heavy (non-hydrogen) atoms. The molecule has 0 radical (unpaired) electrons. The first-order valence-corrected chi connectivity index (χ1v) is 13.7. The van der Waals surface area contributed by atoms with E-state index in [1.165, 1.54) is 4.31 Å². The van der Waals surface area contributed by atoms with Gasteiger partial charge in [0.25, 0.3) is 0 Å². The minimum absolute atomic E-state index is 0.0241. The van der Waals surface area contributed by atoms with Gasteiger partial charge in [0.2, 0.25) is 10.0 Å². The Bertz CT molecular complexity index is 1140. The lowest BCUT2D eigenvalue weighted by atomic mass is 10.0. The molecule has 10 heteroatoms. The quantitative estimate of drug-likeness (QED) is 0.468. The molecular weight excluding hydrogens is 484 g/mol. The van der Waals surface area contributed by atoms with E-state index in [4.69, 9.17) is 19.0 Å². The molecule has 2 fully saturated rings. The predicted molar refractivity (Wildman–Crippen MR) is 134 cm³/mol. The van der Waals surface area contributed by atoms with E-state index in [1.807, 2.05) is 42.5 Å². The number of esters is 1. The maximum atomic E-state index is 13.8. The smallest absolute Gasteiger partial charge is 0.310 e. The lowest BCUT2D eigenvalue weighted by Gasteiger charge is -2.34. The largest absolute Gasteiger partial charge is 0.493 e. The molecule has 0 aromatic heterocycles. The van der Waals surface area contributed by atoms with Crippen molar-refractivity contribution in [3.05, 3.63) is 59.7 Å². The summed E-state index contributed by atoms with van der Waals surface area (Å²) >= 11 is 0. The number of hydrogen-bond donors (Lipinski definition) is 0. The molecule has 0 N–H and O–H groups in total. The Morgan fingerprint density at radius 1 is 1.14 bits per heavy atom. The Morgan fingerprint density at radius 2 is 1.92 bits per heavy atom. The van der Waals surface area contributed by atoms with Crippen molar-refractivity contribution < 1.29 is 32.3 Å². The summed E-state index contributed by atoms with van der Waals surface area (Å²) in [5.41, 5.74) is 1.75. The Hall–Kier alpha value is -2.66. The zero-order valence-electron chi connectivity index (χ0n) is 21.0. The number of ether oxygens (including phenoxy) is 3. The number of methoxy groups -OCH3 is 1. The van der Waals surface area contributed by atoms with Crippen LogP contribution in [-0.2, 0) is 31.0 Å². The molecule has 2 aliphatic rings. The standard InChI is InChI=1S/C26H34N2O7S/c1-4-33-26(29)21-11-8-14-28(16-21)36(30,31)24-18-35-27(2)25(24)20-12-13-22(32-3)23(15-20)34-17-19-9-6-5-7-10-19/h5-7,9-10,12-13,15,21,24-25H,4,8,11,14,16-18H2,1-3H3/t21-,24+,25+/m1/s1. The number of benzene rings is 2. The molecule has 0 spiro atoms. The van der Waals surface area contributed by atoms with Gasteiger partial charge in [0.15, 0.2) is 11.5 Å². The monoisotopic (exact) mass is 518 g/mol. The number of hydroxylamine groups is 2. The number of carbonyl (C=O) groups is 1. The van der Waals surface area contributed by atoms with Gasteiger partial charge in [0.05, 0.1) is 32.3 Å². The summed E-state index contributed by atoms with van der Waals surface area (Å²) in [7, 11) is -0.473. The van der Waals surface area contributed by atoms with E-state index < -0.39 is 27.2 Å². The van der Waals surface area contributed by atoms with E-state index in [0.717, 1.165) is 11.1 Å². The molecule has 0 amide bonds. The molecule has 4 rings (SSSR count). The summed E-state index contributed by atoms with van der Waals surface area (Å²) < 4.78 is 45.7. The van der Waals surface area contributed by atoms with Gasteiger partial charge in [0.1, 0.15) is 11.9 Å². The number of nitrogens with zero attached hydrogens (tertiary/aromatic N) is 2. The van der Waals surface area contributed by atoms with Gasteiger partial charge in [-0.1, -0.05) is 36.4 Å². The van der Waals surface area contributed by atoms with Crippen LogP contribution in [-0.4, -0.2) is 69.5 Å². The van der Waals surface area contributed by atoms with E-state index >= 15 is 0 Å². The number of rotatable bonds is 9. The van der Waals surface area contributed by atoms with Crippen molar-refractivity contribution in [2.24, 2.45) is 5.92 Å². The summed E-state index contributed by atoms with van der Waals surface area (Å²) in [4.78, 5) is 18.0. The van der Waals surface area contributed by atoms with Crippen molar-refractivity contribution in [1.29, 1.82) is 0 Å². The van der Waals surface area contributed by atoms with Crippen LogP contribution in [0, 0.1) is 5.92 Å². The molecule has 2 aromatic rings. The topological polar surface area (TPSA) is 94.6 Å². The van der Waals surface area contributed by atoms with Crippen LogP contribution < -0.4 is 9.47 Å². The molecular formula is C26H34N2O7S. The number of sulfonamides is 1. The van der Waals surface area contributed by atoms with Crippen molar-refractivity contribution >= 4 is 16.0 Å². The van der Waals surface area contributed by atoms with Crippen LogP contribution in [0.2, 0.25) is 0 Å². The van der Waals surface area contributed by atoms with Crippen LogP contribution in [0.5, 0.6) is 11.5 Å². The zero-order valence-corrected chi connectivity index (χ0v) is 21.8. The van der Waals surface area contributed by atoms with Crippen molar-refractivity contribution in [2.45, 2.75) is 37.7 Å². The normalized spacial score (nSPS) is 23.4. The maximum Gasteiger partial charge on any atom is 0.310 e. The van der Waals surface area contributed by atoms with Gasteiger partial charge in [-0.3, -0.25) is 9.63 Å². The second-order valence-corrected chi connectivity index (χ2v) is 11.2. The third kappa shape index (κ3) is 5.67. The number of piperidine rings is 1. The van der Waals surface area contributed by atoms with Crippen molar-refractivity contribution in [3.63, 3.8) is 0 Å². The molecule has 2 aliphatic heterocycles. The lowest BCUT2D eigenvalue weighted by molar-refractivity contribution is -0.149. The van der Waals surface area contributed by atoms with Crippen molar-refractivity contribution in [3.8, 4) is 11.5 Å². The van der Waals surface area contributed by atoms with Crippen molar-refractivity contribution in [2.75, 3.05) is 40.5 Å². The van der Waals surface area contributed by atoms with Gasteiger partial charge in [-0.2, -0.15) is 5.06 Å². The highest BCUT2D eigenvalue weighted by Gasteiger charge is 2.47. The van der Waals surface area contributed by atoms with E-state index in [1.54, 1.807) is 32.2 Å². The molecule has 196 valence electrons. The first-order chi connectivity index (χ1) is 17.3. The molecule has 2 heterocycles. The lowest BCUT2D eigenvalue weighted by Crippen LogP contribution is -2.48. The fourth-order valence-corrected chi connectivity index (χ4v) is 6.85. The molecule has 0 bridgehead atoms. The Labute approximate surface area is 212 Å². The Morgan fingerprint density at radius 3 is 2.64 bits per heavy atom. The fraction of sp³-hybridized carbons (Fsp3) is 0.500. The molecule has 0 aliphatic carbocycles. The second-order valence-electron chi connectivity index (χ2n) is 9.00. The van der Waals surface area contributed by atoms with Crippen LogP contribution in [0.4, 0.5) is 0 Å². The minimum Gasteiger partial charge on any atom is -0.493 e. The average Bonchev–Trinajstić information content (AvgIpc) is 3.30. The Kier molecular flexibility index (Phi) is 8.50. The van der Waals surface area contributed by atoms with Gasteiger partial charge >= 0.3 is 5.97 Å². The molecule has 2 saturated heterocycles. The van der Waals surface area contributed by atoms with Gasteiger partial charge in [-0.05, 0) is 43.0 Å². The van der Waals surface area contributed by atoms with Gasteiger partial charge in [0, 0.05) is 20.1 Å². The molecule has 3 atom stereocenters. The highest BCUT2D eigenvalue weighted by molar-refractivity contribution is 7.89. The molecule has 0 unspecified atom stereocenters. The summed E-state index contributed by atoms with van der Waals surface area (Å²) in [6.07, 6.45) is 1.23. The van der Waals surface area contributed by atoms with E-state index in [0.29, 0.717) is 37.5 Å². The number of carbonyl (C=O) groups excluding carboxylic acids is 1. The Balaban J connectivity index is 1.57. The van der Waals surface area contributed by atoms with E-state index in [2.05, 4.69) is 0 Å². The number of hydrogen-bond acceptors (Lipinski definition) is 8. The molecule has 2 aromatic carbocycles. The van der Waals surface area contributed by atoms with Crippen LogP contribution in [0.25, 0.3) is 0 Å². The summed E-state index contributed by atoms with van der Waals surface area (Å²) in [5.74, 6) is 0.287. The highest BCUT2D eigenvalue weighted by Crippen LogP contribution is 2.39. The van der Waals surface area contributed by atoms with Gasteiger partial charge in [-0.15, -0.1) is 0 Å². The molecule has 9 nitrogen and oxygen atoms in total. The average molecular weight is 519 g/mol. The minimum atomic E-state index is -3.77. The van der Waals surface area contributed by atoms with Gasteiger partial charge in [-0.25, -0.2) is 12.7 Å². The van der Waals surface area contributed by atoms with Crippen LogP contribution in [0.3, 0.4) is 0 Å². The van der Waals surface area contributed by atoms with Crippen LogP contribution >= 0.6 is 0 Å². The van der Waals surface area contributed by atoms with Crippen LogP contribution in [0.15, 0.2) is 48.5 Å². The first-order valence-electron chi connectivity index (χ1n) is 12.2. The second kappa shape index (κ2) is 11.6. The predicted octanol–water partition coefficient (Wildman–Crippen LogP) is 3.17. The van der Waals surface area contributed by atoms with Crippen molar-refractivity contribution in [1.82, 2.24) is 9.37 Å². The van der Waals surface area contributed by atoms with E-state index in [9.17, 15) is 13.2 Å². The fourth-order valence-electron chi connectivity index (χ4n) is 4.81. The van der Waals surface area contributed by atoms with E-state index in [-0.39, 0.29) is 25.7 Å². The summed E-state index contributed by atoms with van der Waals surface area (Å²) in [5, 5.41) is 0.747. The first kappa shape index (κ1) is 26.4. The third-order valence-electron chi connectivity index (χ3n) is 6.70. The third-order valence-corrected chi connectivity index (χ3v) is 8.91. The summed E-state index contributed by atoms with van der Waals surface area (Å²) in [6.45, 7) is 2.90. The zero-order chi connectivity index (χ0) is 25.7. The highest BCUT2D eigenvalue weighted by atomic mass is 32.2. The SMILES string of the molecule is CCOC(=O)[C@@H]1CCCN(S(=O)(=O)[C@H]2CON(C)[C@H]2c2ccc(OC)c(OCc3ccccc3)c2)C1. The maximum absolute atomic E-state index is 13.8. The van der Waals surface area contributed by atoms with Crippen LogP contribution in [0.1, 0.15) is 36.9 Å². The summed E-state index contributed by atoms with van der Waals surface area (Å²) in [6, 6.07) is 14.7. The van der Waals surface area contributed by atoms with Gasteiger partial charge < -0.3 is 14.2 Å².